The van der Waals surface area contributed by atoms with Gasteiger partial charge >= 0.3 is 0 Å². The summed E-state index contributed by atoms with van der Waals surface area (Å²) in [7, 11) is -3.66. The Hall–Kier alpha value is -2.42. The van der Waals surface area contributed by atoms with Crippen molar-refractivity contribution in [1.82, 2.24) is 14.5 Å². The van der Waals surface area contributed by atoms with Crippen molar-refractivity contribution in [2.24, 2.45) is 5.92 Å². The second-order valence-corrected chi connectivity index (χ2v) is 10.3. The highest BCUT2D eigenvalue weighted by molar-refractivity contribution is 7.89. The summed E-state index contributed by atoms with van der Waals surface area (Å²) in [5.74, 6) is -0.550. The molecule has 172 valence electrons. The van der Waals surface area contributed by atoms with Gasteiger partial charge in [-0.05, 0) is 42.3 Å². The molecule has 0 aliphatic carbocycles. The third-order valence-electron chi connectivity index (χ3n) is 5.80. The first kappa shape index (κ1) is 24.2. The molecule has 1 aliphatic heterocycles. The zero-order chi connectivity index (χ0) is 23.3. The van der Waals surface area contributed by atoms with Gasteiger partial charge in [0, 0.05) is 36.8 Å². The number of piperazine rings is 1. The quantitative estimate of drug-likeness (QED) is 0.664. The maximum absolute atomic E-state index is 13.3. The predicted octanol–water partition coefficient (Wildman–Crippen LogP) is 3.02. The minimum Gasteiger partial charge on any atom is -0.340 e. The molecule has 0 unspecified atom stereocenters. The Labute approximate surface area is 194 Å². The molecule has 1 fully saturated rings. The molecule has 1 N–H and O–H groups in total. The summed E-state index contributed by atoms with van der Waals surface area (Å²) in [6.07, 6.45) is 0.719. The predicted molar refractivity (Wildman–Crippen MR) is 124 cm³/mol. The average Bonchev–Trinajstić information content (AvgIpc) is 2.82. The van der Waals surface area contributed by atoms with Crippen molar-refractivity contribution in [3.8, 4) is 0 Å². The van der Waals surface area contributed by atoms with Crippen LogP contribution in [0.2, 0.25) is 5.02 Å². The first-order valence-electron chi connectivity index (χ1n) is 10.6. The van der Waals surface area contributed by atoms with Crippen LogP contribution in [0, 0.1) is 5.92 Å². The summed E-state index contributed by atoms with van der Waals surface area (Å²) in [4.78, 5) is 27.7. The molecule has 0 saturated carbocycles. The Bertz CT molecular complexity index is 1040. The van der Waals surface area contributed by atoms with Crippen LogP contribution in [0.3, 0.4) is 0 Å². The summed E-state index contributed by atoms with van der Waals surface area (Å²) in [5.41, 5.74) is 0.493. The van der Waals surface area contributed by atoms with Crippen LogP contribution in [0.5, 0.6) is 0 Å². The van der Waals surface area contributed by atoms with Gasteiger partial charge in [0.25, 0.3) is 5.91 Å². The highest BCUT2D eigenvalue weighted by Gasteiger charge is 2.34. The lowest BCUT2D eigenvalue weighted by Gasteiger charge is -2.37. The van der Waals surface area contributed by atoms with Crippen molar-refractivity contribution < 1.29 is 18.0 Å². The average molecular weight is 478 g/mol. The minimum atomic E-state index is -3.66. The first-order valence-corrected chi connectivity index (χ1v) is 12.5. The third-order valence-corrected chi connectivity index (χ3v) is 7.97. The molecule has 2 aromatic rings. The minimum absolute atomic E-state index is 0.0639. The highest BCUT2D eigenvalue weighted by atomic mass is 35.5. The van der Waals surface area contributed by atoms with Crippen molar-refractivity contribution in [3.05, 3.63) is 65.2 Å². The van der Waals surface area contributed by atoms with Gasteiger partial charge in [-0.2, -0.15) is 4.31 Å². The molecule has 1 saturated heterocycles. The number of amides is 2. The molecule has 0 radical (unpaired) electrons. The number of sulfonamides is 1. The van der Waals surface area contributed by atoms with Crippen LogP contribution in [0.15, 0.2) is 59.5 Å². The van der Waals surface area contributed by atoms with Gasteiger partial charge in [0.1, 0.15) is 6.04 Å². The van der Waals surface area contributed by atoms with E-state index in [0.29, 0.717) is 10.6 Å². The van der Waals surface area contributed by atoms with E-state index in [1.54, 1.807) is 41.3 Å². The molecule has 0 spiro atoms. The lowest BCUT2D eigenvalue weighted by atomic mass is 9.97. The van der Waals surface area contributed by atoms with Gasteiger partial charge in [0.15, 0.2) is 0 Å². The number of rotatable bonds is 7. The zero-order valence-electron chi connectivity index (χ0n) is 18.2. The largest absolute Gasteiger partial charge is 0.340 e. The lowest BCUT2D eigenvalue weighted by molar-refractivity contribution is -0.135. The maximum Gasteiger partial charge on any atom is 0.251 e. The monoisotopic (exact) mass is 477 g/mol. The molecule has 1 aliphatic rings. The van der Waals surface area contributed by atoms with E-state index in [4.69, 9.17) is 11.6 Å². The van der Waals surface area contributed by atoms with Gasteiger partial charge < -0.3 is 10.2 Å². The molecule has 32 heavy (non-hydrogen) atoms. The lowest BCUT2D eigenvalue weighted by Crippen LogP contribution is -2.57. The van der Waals surface area contributed by atoms with E-state index in [1.165, 1.54) is 16.4 Å². The van der Waals surface area contributed by atoms with Gasteiger partial charge in [0.05, 0.1) is 4.90 Å². The fraction of sp³-hybridized carbons (Fsp3) is 0.391. The van der Waals surface area contributed by atoms with E-state index < -0.39 is 16.1 Å². The molecular formula is C23H28ClN3O4S. The second-order valence-electron chi connectivity index (χ2n) is 7.89. The second kappa shape index (κ2) is 10.5. The van der Waals surface area contributed by atoms with Crippen molar-refractivity contribution in [3.63, 3.8) is 0 Å². The van der Waals surface area contributed by atoms with Crippen molar-refractivity contribution in [2.75, 3.05) is 26.2 Å². The number of halogens is 1. The van der Waals surface area contributed by atoms with Gasteiger partial charge in [-0.1, -0.05) is 50.1 Å². The number of hydrogen-bond donors (Lipinski definition) is 1. The van der Waals surface area contributed by atoms with Crippen molar-refractivity contribution >= 4 is 33.4 Å². The van der Waals surface area contributed by atoms with Crippen molar-refractivity contribution in [2.45, 2.75) is 31.2 Å². The van der Waals surface area contributed by atoms with Gasteiger partial charge in [-0.3, -0.25) is 9.59 Å². The molecule has 0 aromatic heterocycles. The van der Waals surface area contributed by atoms with E-state index in [1.807, 2.05) is 19.9 Å². The van der Waals surface area contributed by atoms with E-state index in [9.17, 15) is 18.0 Å². The van der Waals surface area contributed by atoms with Crippen LogP contribution >= 0.6 is 11.6 Å². The Morgan fingerprint density at radius 3 is 2.16 bits per heavy atom. The number of nitrogens with zero attached hydrogens (tertiary/aromatic N) is 2. The highest BCUT2D eigenvalue weighted by Crippen LogP contribution is 2.21. The Morgan fingerprint density at radius 1 is 1.00 bits per heavy atom. The third kappa shape index (κ3) is 5.49. The topological polar surface area (TPSA) is 86.8 Å². The molecule has 0 bridgehead atoms. The fourth-order valence-electron chi connectivity index (χ4n) is 3.60. The van der Waals surface area contributed by atoms with Gasteiger partial charge in [-0.25, -0.2) is 8.42 Å². The van der Waals surface area contributed by atoms with Crippen molar-refractivity contribution in [1.29, 1.82) is 0 Å². The first-order chi connectivity index (χ1) is 15.2. The standard InChI is InChI=1S/C23H28ClN3O4S/c1-3-17(2)21(25-22(28)18-7-5-4-6-8-18)23(29)26-13-15-27(16-14-26)32(30,31)20-11-9-19(24)10-12-20/h4-12,17,21H,3,13-16H2,1-2H3,(H,25,28)/t17-,21-/m0/s1. The molecule has 2 atom stereocenters. The number of hydrogen-bond acceptors (Lipinski definition) is 4. The normalized spacial score (nSPS) is 16.9. The maximum atomic E-state index is 13.3. The van der Waals surface area contributed by atoms with E-state index in [-0.39, 0.29) is 48.8 Å². The summed E-state index contributed by atoms with van der Waals surface area (Å²) < 4.78 is 27.2. The van der Waals surface area contributed by atoms with Gasteiger partial charge in [-0.15, -0.1) is 0 Å². The summed E-state index contributed by atoms with van der Waals surface area (Å²) in [6.45, 7) is 4.80. The number of carbonyl (C=O) groups is 2. The Morgan fingerprint density at radius 2 is 1.59 bits per heavy atom. The van der Waals surface area contributed by atoms with Crippen LogP contribution in [-0.2, 0) is 14.8 Å². The summed E-state index contributed by atoms with van der Waals surface area (Å²) >= 11 is 5.86. The van der Waals surface area contributed by atoms with Gasteiger partial charge in [0.2, 0.25) is 15.9 Å². The molecule has 1 heterocycles. The molecular weight excluding hydrogens is 450 g/mol. The number of benzene rings is 2. The van der Waals surface area contributed by atoms with Crippen LogP contribution in [-0.4, -0.2) is 61.7 Å². The van der Waals surface area contributed by atoms with E-state index in [2.05, 4.69) is 5.32 Å². The Balaban J connectivity index is 1.67. The Kier molecular flexibility index (Phi) is 7.92. The van der Waals surface area contributed by atoms with E-state index >= 15 is 0 Å². The molecule has 9 heteroatoms. The fourth-order valence-corrected chi connectivity index (χ4v) is 5.15. The molecule has 7 nitrogen and oxygen atoms in total. The molecule has 2 amide bonds. The van der Waals surface area contributed by atoms with Crippen LogP contribution < -0.4 is 5.32 Å². The SMILES string of the molecule is CC[C@H](C)[C@H](NC(=O)c1ccccc1)C(=O)N1CCN(S(=O)(=O)c2ccc(Cl)cc2)CC1. The van der Waals surface area contributed by atoms with Crippen LogP contribution in [0.4, 0.5) is 0 Å². The molecule has 3 rings (SSSR count). The van der Waals surface area contributed by atoms with E-state index in [0.717, 1.165) is 6.42 Å². The number of carbonyl (C=O) groups excluding carboxylic acids is 2. The van der Waals surface area contributed by atoms with Crippen LogP contribution in [0.1, 0.15) is 30.6 Å². The smallest absolute Gasteiger partial charge is 0.251 e. The summed E-state index contributed by atoms with van der Waals surface area (Å²) in [6, 6.07) is 14.1. The molecule has 2 aromatic carbocycles. The number of nitrogens with one attached hydrogen (secondary N) is 1. The van der Waals surface area contributed by atoms with Crippen LogP contribution in [0.25, 0.3) is 0 Å². The summed E-state index contributed by atoms with van der Waals surface area (Å²) in [5, 5.41) is 3.34. The zero-order valence-corrected chi connectivity index (χ0v) is 19.8.